The van der Waals surface area contributed by atoms with E-state index in [2.05, 4.69) is 5.10 Å². The number of nitrogens with two attached hydrogens (primary N) is 1. The Morgan fingerprint density at radius 1 is 1.58 bits per heavy atom. The minimum Gasteiger partial charge on any atom is -0.323 e. The number of halogens is 2. The number of rotatable bonds is 1. The van der Waals surface area contributed by atoms with E-state index in [1.54, 1.807) is 13.0 Å². The van der Waals surface area contributed by atoms with Crippen LogP contribution in [-0.4, -0.2) is 6.21 Å². The number of hydrazone groups is 1. The molecule has 1 rings (SSSR count). The highest BCUT2D eigenvalue weighted by atomic mass is 35.5. The number of benzene rings is 1. The summed E-state index contributed by atoms with van der Waals surface area (Å²) in [5, 5.41) is 3.57. The summed E-state index contributed by atoms with van der Waals surface area (Å²) in [6, 6.07) is 2.93. The molecule has 0 radical (unpaired) electrons. The van der Waals surface area contributed by atoms with Crippen LogP contribution in [-0.2, 0) is 0 Å². The standard InChI is InChI=1S/C8H8ClFN2/c1-5-2-3-7(10)6(4-12-11)8(5)9/h2-4H,11H2,1H3. The summed E-state index contributed by atoms with van der Waals surface area (Å²) in [6.07, 6.45) is 1.20. The minimum absolute atomic E-state index is 0.235. The summed E-state index contributed by atoms with van der Waals surface area (Å²) in [5.41, 5.74) is 1.03. The van der Waals surface area contributed by atoms with E-state index >= 15 is 0 Å². The first kappa shape index (κ1) is 9.00. The Morgan fingerprint density at radius 3 is 2.83 bits per heavy atom. The Morgan fingerprint density at radius 2 is 2.25 bits per heavy atom. The van der Waals surface area contributed by atoms with Crippen molar-refractivity contribution in [2.24, 2.45) is 10.9 Å². The third kappa shape index (κ3) is 1.56. The first-order valence-corrected chi connectivity index (χ1v) is 3.72. The van der Waals surface area contributed by atoms with Crippen molar-refractivity contribution in [1.82, 2.24) is 0 Å². The highest BCUT2D eigenvalue weighted by Crippen LogP contribution is 2.21. The van der Waals surface area contributed by atoms with E-state index < -0.39 is 5.82 Å². The molecule has 64 valence electrons. The fourth-order valence-electron chi connectivity index (χ4n) is 0.871. The Hall–Kier alpha value is -1.09. The van der Waals surface area contributed by atoms with Gasteiger partial charge in [-0.2, -0.15) is 5.10 Å². The largest absolute Gasteiger partial charge is 0.323 e. The summed E-state index contributed by atoms with van der Waals surface area (Å²) in [4.78, 5) is 0. The van der Waals surface area contributed by atoms with Gasteiger partial charge in [0.25, 0.3) is 0 Å². The molecule has 0 aliphatic carbocycles. The van der Waals surface area contributed by atoms with Gasteiger partial charge in [-0.05, 0) is 18.6 Å². The van der Waals surface area contributed by atoms with E-state index in [1.165, 1.54) is 12.3 Å². The molecule has 0 aliphatic heterocycles. The van der Waals surface area contributed by atoms with Gasteiger partial charge in [-0.3, -0.25) is 0 Å². The van der Waals surface area contributed by atoms with Crippen LogP contribution in [0, 0.1) is 12.7 Å². The van der Waals surface area contributed by atoms with Gasteiger partial charge in [-0.25, -0.2) is 4.39 Å². The molecule has 0 atom stereocenters. The lowest BCUT2D eigenvalue weighted by Gasteiger charge is -2.02. The van der Waals surface area contributed by atoms with Crippen molar-refractivity contribution in [3.05, 3.63) is 34.1 Å². The van der Waals surface area contributed by atoms with Crippen molar-refractivity contribution in [1.29, 1.82) is 0 Å². The van der Waals surface area contributed by atoms with Crippen LogP contribution in [0.3, 0.4) is 0 Å². The molecule has 0 unspecified atom stereocenters. The van der Waals surface area contributed by atoms with E-state index in [4.69, 9.17) is 17.4 Å². The highest BCUT2D eigenvalue weighted by molar-refractivity contribution is 6.33. The van der Waals surface area contributed by atoms with Crippen LogP contribution in [0.25, 0.3) is 0 Å². The molecule has 0 fully saturated rings. The molecular formula is C8H8ClFN2. The average Bonchev–Trinajstić information content (AvgIpc) is 2.06. The van der Waals surface area contributed by atoms with Crippen LogP contribution in [0.1, 0.15) is 11.1 Å². The maximum atomic E-state index is 13.0. The Kier molecular flexibility index (Phi) is 2.65. The maximum Gasteiger partial charge on any atom is 0.133 e. The molecule has 0 saturated heterocycles. The molecule has 0 heterocycles. The van der Waals surface area contributed by atoms with Gasteiger partial charge in [0.2, 0.25) is 0 Å². The van der Waals surface area contributed by atoms with Gasteiger partial charge in [0, 0.05) is 5.56 Å². The van der Waals surface area contributed by atoms with E-state index in [9.17, 15) is 4.39 Å². The second-order valence-electron chi connectivity index (χ2n) is 2.37. The molecule has 2 nitrogen and oxygen atoms in total. The zero-order chi connectivity index (χ0) is 9.14. The average molecular weight is 187 g/mol. The van der Waals surface area contributed by atoms with Crippen molar-refractivity contribution >= 4 is 17.8 Å². The summed E-state index contributed by atoms with van der Waals surface area (Å²) in [7, 11) is 0. The van der Waals surface area contributed by atoms with Crippen molar-refractivity contribution in [3.63, 3.8) is 0 Å². The molecular weight excluding hydrogens is 179 g/mol. The topological polar surface area (TPSA) is 38.4 Å². The lowest BCUT2D eigenvalue weighted by Crippen LogP contribution is -1.94. The molecule has 1 aromatic carbocycles. The van der Waals surface area contributed by atoms with Gasteiger partial charge in [0.1, 0.15) is 5.82 Å². The normalized spacial score (nSPS) is 10.9. The predicted molar refractivity (Wildman–Crippen MR) is 47.9 cm³/mol. The third-order valence-electron chi connectivity index (χ3n) is 1.52. The van der Waals surface area contributed by atoms with Gasteiger partial charge >= 0.3 is 0 Å². The molecule has 1 aromatic rings. The lowest BCUT2D eigenvalue weighted by atomic mass is 10.1. The van der Waals surface area contributed by atoms with Crippen LogP contribution in [0.2, 0.25) is 5.02 Å². The molecule has 4 heteroatoms. The highest BCUT2D eigenvalue weighted by Gasteiger charge is 2.06. The van der Waals surface area contributed by atoms with Crippen molar-refractivity contribution in [3.8, 4) is 0 Å². The van der Waals surface area contributed by atoms with E-state index in [0.717, 1.165) is 5.56 Å². The quantitative estimate of drug-likeness (QED) is 0.407. The molecule has 0 spiro atoms. The zero-order valence-electron chi connectivity index (χ0n) is 6.51. The number of hydrogen-bond acceptors (Lipinski definition) is 2. The number of nitrogens with zero attached hydrogens (tertiary/aromatic N) is 1. The van der Waals surface area contributed by atoms with Crippen LogP contribution >= 0.6 is 11.6 Å². The molecule has 2 N–H and O–H groups in total. The molecule has 0 aromatic heterocycles. The third-order valence-corrected chi connectivity index (χ3v) is 2.02. The molecule has 0 saturated carbocycles. The van der Waals surface area contributed by atoms with Gasteiger partial charge in [-0.15, -0.1) is 0 Å². The van der Waals surface area contributed by atoms with E-state index in [0.29, 0.717) is 5.02 Å². The SMILES string of the molecule is Cc1ccc(F)c(C=NN)c1Cl. The van der Waals surface area contributed by atoms with E-state index in [-0.39, 0.29) is 5.56 Å². The van der Waals surface area contributed by atoms with Crippen LogP contribution in [0.15, 0.2) is 17.2 Å². The summed E-state index contributed by atoms with van der Waals surface area (Å²) in [5.74, 6) is 4.48. The van der Waals surface area contributed by atoms with Gasteiger partial charge in [0.15, 0.2) is 0 Å². The Bertz CT molecular complexity index is 323. The van der Waals surface area contributed by atoms with Crippen molar-refractivity contribution in [2.75, 3.05) is 0 Å². The van der Waals surface area contributed by atoms with Gasteiger partial charge in [-0.1, -0.05) is 17.7 Å². The fraction of sp³-hybridized carbons (Fsp3) is 0.125. The second-order valence-corrected chi connectivity index (χ2v) is 2.75. The molecule has 0 aliphatic rings. The first-order valence-electron chi connectivity index (χ1n) is 3.34. The molecule has 0 bridgehead atoms. The summed E-state index contributed by atoms with van der Waals surface area (Å²) < 4.78 is 13.0. The van der Waals surface area contributed by atoms with Crippen molar-refractivity contribution < 1.29 is 4.39 Å². The second kappa shape index (κ2) is 3.54. The fourth-order valence-corrected chi connectivity index (χ4v) is 1.07. The van der Waals surface area contributed by atoms with Crippen LogP contribution < -0.4 is 5.84 Å². The minimum atomic E-state index is -0.417. The zero-order valence-corrected chi connectivity index (χ0v) is 7.27. The molecule has 0 amide bonds. The number of hydrogen-bond donors (Lipinski definition) is 1. The van der Waals surface area contributed by atoms with Gasteiger partial charge in [0.05, 0.1) is 11.2 Å². The monoisotopic (exact) mass is 186 g/mol. The number of aryl methyl sites for hydroxylation is 1. The van der Waals surface area contributed by atoms with E-state index in [1.807, 2.05) is 0 Å². The Labute approximate surface area is 74.8 Å². The molecule has 12 heavy (non-hydrogen) atoms. The summed E-state index contributed by atoms with van der Waals surface area (Å²) >= 11 is 5.79. The summed E-state index contributed by atoms with van der Waals surface area (Å²) in [6.45, 7) is 1.79. The van der Waals surface area contributed by atoms with Crippen LogP contribution in [0.5, 0.6) is 0 Å². The lowest BCUT2D eigenvalue weighted by molar-refractivity contribution is 0.625. The van der Waals surface area contributed by atoms with Gasteiger partial charge < -0.3 is 5.84 Å². The Balaban J connectivity index is 3.32. The predicted octanol–water partition coefficient (Wildman–Crippen LogP) is 2.08. The van der Waals surface area contributed by atoms with Crippen LogP contribution in [0.4, 0.5) is 4.39 Å². The smallest absolute Gasteiger partial charge is 0.133 e. The first-order chi connectivity index (χ1) is 5.66. The maximum absolute atomic E-state index is 13.0. The van der Waals surface area contributed by atoms with Crippen molar-refractivity contribution in [2.45, 2.75) is 6.92 Å².